The highest BCUT2D eigenvalue weighted by Gasteiger charge is 2.19. The molecule has 2 aliphatic rings. The van der Waals surface area contributed by atoms with Gasteiger partial charge in [-0.3, -0.25) is 18.0 Å². The number of thiazole rings is 1. The van der Waals surface area contributed by atoms with Crippen LogP contribution in [0.1, 0.15) is 300 Å². The van der Waals surface area contributed by atoms with Crippen molar-refractivity contribution < 1.29 is 95.1 Å². The molecule has 0 saturated carbocycles. The van der Waals surface area contributed by atoms with Gasteiger partial charge >= 0.3 is 5.97 Å². The van der Waals surface area contributed by atoms with Gasteiger partial charge < -0.3 is 148 Å². The number of nitrogens with one attached hydrogen (secondary N) is 6. The van der Waals surface area contributed by atoms with Crippen LogP contribution in [0.5, 0.6) is 11.5 Å². The number of anilines is 7. The lowest BCUT2D eigenvalue weighted by Crippen LogP contribution is -2.36. The van der Waals surface area contributed by atoms with Crippen LogP contribution >= 0.6 is 61.9 Å². The number of benzene rings is 5. The number of aryl methyl sites for hydroxylation is 1. The van der Waals surface area contributed by atoms with Crippen LogP contribution in [-0.4, -0.2) is 243 Å². The fourth-order valence-electron chi connectivity index (χ4n) is 10.7. The Balaban J connectivity index is -0.000000137. The molecule has 35 nitrogen and oxygen atoms in total. The summed E-state index contributed by atoms with van der Waals surface area (Å²) in [6, 6.07) is 38.1. The molecular weight excluding hydrogens is 2000 g/mol. The number of aromatic nitrogens is 1. The highest BCUT2D eigenvalue weighted by Crippen LogP contribution is 2.32. The predicted molar refractivity (Wildman–Crippen MR) is 636 cm³/mol. The predicted octanol–water partition coefficient (Wildman–Crippen LogP) is 15.0. The summed E-state index contributed by atoms with van der Waals surface area (Å²) < 4.78 is 60.8. The number of carbonyl (C=O) groups excluding carboxylic acids is 2. The van der Waals surface area contributed by atoms with Crippen LogP contribution in [0.2, 0.25) is 0 Å². The summed E-state index contributed by atoms with van der Waals surface area (Å²) >= 11 is 14.1. The Morgan fingerprint density at radius 2 is 0.815 bits per heavy atom. The third-order valence-electron chi connectivity index (χ3n) is 17.5. The third-order valence-corrected chi connectivity index (χ3v) is 20.4. The molecule has 146 heavy (non-hydrogen) atoms. The number of unbranched alkanes of at least 4 members (excludes halogenated alkanes) is 12. The van der Waals surface area contributed by atoms with E-state index in [1.165, 1.54) is 67.5 Å². The number of carbonyl (C=O) groups is 2. The van der Waals surface area contributed by atoms with E-state index in [4.69, 9.17) is 59.1 Å². The van der Waals surface area contributed by atoms with Crippen LogP contribution in [0.3, 0.4) is 0 Å². The molecule has 0 bridgehead atoms. The summed E-state index contributed by atoms with van der Waals surface area (Å²) in [5.74, 6) is 1.45. The Bertz CT molecular complexity index is 4050. The molecule has 1 aliphatic heterocycles. The third kappa shape index (κ3) is 108. The number of morpholine rings is 1. The number of ketones is 1. The molecule has 0 amide bonds. The van der Waals surface area contributed by atoms with E-state index in [0.29, 0.717) is 18.8 Å². The molecule has 856 valence electrons. The number of hydrogen-bond acceptors (Lipinski definition) is 32. The second kappa shape index (κ2) is 100.0. The molecule has 1 fully saturated rings. The Kier molecular flexibility index (Phi) is 112. The van der Waals surface area contributed by atoms with E-state index in [1.807, 2.05) is 92.0 Å². The van der Waals surface area contributed by atoms with Crippen molar-refractivity contribution >= 4 is 141 Å². The van der Waals surface area contributed by atoms with Crippen molar-refractivity contribution in [3.05, 3.63) is 143 Å². The molecule has 6 aromatic rings. The van der Waals surface area contributed by atoms with Crippen molar-refractivity contribution in [2.75, 3.05) is 162 Å². The van der Waals surface area contributed by atoms with E-state index in [-0.39, 0.29) is 81.0 Å². The molecule has 1 aliphatic carbocycles. The number of nitrogens with zero attached hydrogens (tertiary/aromatic N) is 4. The van der Waals surface area contributed by atoms with Crippen molar-refractivity contribution in [3.63, 3.8) is 0 Å². The van der Waals surface area contributed by atoms with E-state index in [1.54, 1.807) is 48.5 Å². The van der Waals surface area contributed by atoms with Crippen LogP contribution in [0, 0.1) is 11.3 Å². The molecule has 0 radical (unpaired) electrons. The maximum Gasteiger partial charge on any atom is 0.311 e. The van der Waals surface area contributed by atoms with E-state index < -0.39 is 31.7 Å². The van der Waals surface area contributed by atoms with Crippen LogP contribution in [0.25, 0.3) is 0 Å². The quantitative estimate of drug-likeness (QED) is 0.00321. The Hall–Kier alpha value is -6.95. The number of nitriles is 1. The molecule has 2 atom stereocenters. The van der Waals surface area contributed by atoms with E-state index in [2.05, 4.69) is 228 Å². The van der Waals surface area contributed by atoms with Gasteiger partial charge in [0.1, 0.15) is 0 Å². The first kappa shape index (κ1) is 164. The van der Waals surface area contributed by atoms with Crippen molar-refractivity contribution in [1.82, 2.24) is 4.98 Å². The molecule has 8 rings (SSSR count). The van der Waals surface area contributed by atoms with Crippen molar-refractivity contribution in [1.29, 1.82) is 5.26 Å². The van der Waals surface area contributed by atoms with Crippen LogP contribution < -0.4 is 80.7 Å². The first-order valence-corrected chi connectivity index (χ1v) is 53.6. The number of esters is 1. The highest BCUT2D eigenvalue weighted by molar-refractivity contribution is 7.82. The van der Waals surface area contributed by atoms with Gasteiger partial charge in [0.15, 0.2) is 22.4 Å². The van der Waals surface area contributed by atoms with Gasteiger partial charge in [-0.25, -0.2) is 4.98 Å². The number of fused-ring (bicyclic) bond motifs is 1. The highest BCUT2D eigenvalue weighted by atomic mass is 32.2. The molecule has 0 spiro atoms. The lowest BCUT2D eigenvalue weighted by Gasteiger charge is -2.29. The molecule has 1 saturated heterocycles. The smallest absolute Gasteiger partial charge is 0.311 e. The van der Waals surface area contributed by atoms with Gasteiger partial charge in [-0.15, -0.1) is 11.3 Å². The topological polar surface area (TPSA) is 704 Å². The van der Waals surface area contributed by atoms with Crippen molar-refractivity contribution in [2.24, 2.45) is 39.6 Å². The van der Waals surface area contributed by atoms with E-state index in [9.17, 15) is 27.1 Å². The van der Waals surface area contributed by atoms with E-state index >= 15 is 0 Å². The number of Topliss-reactive ketones (excluding diaryl/α,β-unsaturated/α-hetero) is 1. The number of rotatable bonds is 44. The molecule has 1 aromatic heterocycles. The average Bonchev–Trinajstić information content (AvgIpc) is 1.68. The fourth-order valence-corrected chi connectivity index (χ4v) is 11.5. The fraction of sp³-hybridized carbons (Fsp3) is 0.644. The number of oxime groups is 1. The van der Waals surface area contributed by atoms with Gasteiger partial charge in [0.25, 0.3) is 0 Å². The lowest BCUT2D eigenvalue weighted by atomic mass is 10.1. The van der Waals surface area contributed by atoms with Crippen LogP contribution in [0.15, 0.2) is 120 Å². The van der Waals surface area contributed by atoms with Crippen LogP contribution in [0.4, 0.5) is 39.3 Å². The van der Waals surface area contributed by atoms with Crippen molar-refractivity contribution in [2.45, 2.75) is 309 Å². The minimum Gasteiger partial charge on any atom is -0.772 e. The maximum absolute atomic E-state index is 11.2. The minimum absolute atomic E-state index is 0. The summed E-state index contributed by atoms with van der Waals surface area (Å²) in [6.45, 7) is 55.4. The summed E-state index contributed by atoms with van der Waals surface area (Å²) in [5, 5.41) is 43.7. The second-order valence-electron chi connectivity index (χ2n) is 38.4. The number of thiol groups is 4. The Labute approximate surface area is 910 Å². The zero-order valence-electron chi connectivity index (χ0n) is 92.3. The summed E-state index contributed by atoms with van der Waals surface area (Å²) in [4.78, 5) is 28.9. The molecule has 2 unspecified atom stereocenters. The molecule has 42 heteroatoms. The van der Waals surface area contributed by atoms with Crippen LogP contribution in [-0.2, 0) is 49.3 Å². The van der Waals surface area contributed by atoms with Gasteiger partial charge in [-0.1, -0.05) is 151 Å². The Morgan fingerprint density at radius 3 is 1.16 bits per heavy atom. The molecule has 5 aromatic carbocycles. The number of methoxy groups -OCH3 is 1. The van der Waals surface area contributed by atoms with Gasteiger partial charge in [0, 0.05) is 138 Å². The van der Waals surface area contributed by atoms with Gasteiger partial charge in [-0.2, -0.15) is 55.8 Å². The molecule has 35 N–H and O–H groups in total. The maximum atomic E-state index is 11.2. The minimum atomic E-state index is -1.93. The second-order valence-corrected chi connectivity index (χ2v) is 48.0. The molecular formula is C104H202N16O19S7-2. The van der Waals surface area contributed by atoms with Gasteiger partial charge in [0.05, 0.1) is 63.0 Å². The molecule has 2 heterocycles. The number of nitrogens with two attached hydrogens (primary N) is 6. The first-order valence-electron chi connectivity index (χ1n) is 48.8. The first-order chi connectivity index (χ1) is 64.8. The van der Waals surface area contributed by atoms with Gasteiger partial charge in [-0.05, 0) is 298 Å². The van der Waals surface area contributed by atoms with Crippen molar-refractivity contribution in [3.8, 4) is 17.6 Å². The average molecular weight is 2210 g/mol. The zero-order valence-corrected chi connectivity index (χ0v) is 98.4. The largest absolute Gasteiger partial charge is 0.772 e. The standard InChI is InChI=1S/C15H25N3O.C15H26N2O2.C14H21N3O.C13H20N2O.C12H17N3.C11H19N3O2S.2C4H10O2S.4C4H10S.8H2O/c16-7-2-1-3-8-17-14-5-4-6-15(13-14)18-9-11-19-12-10-18;1-3-18-14-9-8-13(12-15(14)19-4-2)17-11-7-5-6-10-16;15-8-2-1-3-9-16-12-5-6-13-11(10-12)4-7-14(13)17-18;1-11(16)12-6-5-7-13(10-12)15-9-4-2-3-8-14;13-8-2-1-3-9-15-12-6-4-11(10-14)5-7-12;1-16-10(15)7-9-8-17-11(14-9)13-6-4-2-3-5-12;2*1-4(2,3)7(5)6;4*1-4(2,3)5;;;;;;;;/h4-6,13,17H,1-3,7-12,16H2;8-9,12,17H,3-7,10-11,16H2,1-2H3;5-6,10,16,18H,1-4,7-9,15H2;5-7,10,15H,2-4,8-9,14H2,1H3;4-7,15H,1-3,8-9,13H2;8H,2-7,12H2,1H3,(H,13,14);2*1-3H3,(H,5,6);4*5H,1-3H3;8*1H2/p-2/b;;17-14+;;;;;;;;;;;;;;;;;. The lowest BCUT2D eigenvalue weighted by molar-refractivity contribution is -0.139. The summed E-state index contributed by atoms with van der Waals surface area (Å²) in [5.41, 5.74) is 44.8. The monoisotopic (exact) mass is 2200 g/mol. The summed E-state index contributed by atoms with van der Waals surface area (Å²) in [6.07, 6.45) is 22.4. The summed E-state index contributed by atoms with van der Waals surface area (Å²) in [7, 11) is 1.38. The van der Waals surface area contributed by atoms with Gasteiger partial charge in [0.2, 0.25) is 0 Å². The van der Waals surface area contributed by atoms with E-state index in [0.717, 1.165) is 263 Å². The SMILES string of the molecule is CC(=O)c1cccc(NCCCCCN)c1.CC(C)(C)S.CC(C)(C)S.CC(C)(C)S.CC(C)(C)S.CC(C)(C)S(=O)[O-].CC(C)(C)S(=O)[O-].CCOc1ccc(NCCCCCN)cc1OCC.COC(=O)Cc1csc(NCCCCCN)n1.N#Cc1ccc(NCCCCCN)cc1.NCCCCCNc1ccc2c(c1)CC/C2=N\O.NCCCCCNc1cccc(N2CCOCC2)c1.O.O.O.O.O.O.O.O. The Morgan fingerprint density at radius 1 is 0.479 bits per heavy atom. The number of hydrogen-bond donors (Lipinski definition) is 17. The normalized spacial score (nSPS) is 11.8. The number of ether oxygens (including phenoxy) is 4. The zero-order chi connectivity index (χ0) is 105.